The molecule has 4 nitrogen and oxygen atoms in total. The lowest BCUT2D eigenvalue weighted by Gasteiger charge is -2.00. The SMILES string of the molecule is Cc1cc[n+](CCC(=O)Nc2nc(-c3ccc(F)cc3)cs2)cc1.[Br-]. The van der Waals surface area contributed by atoms with Crippen LogP contribution in [0.1, 0.15) is 12.0 Å². The molecular formula is C18H17BrFN3OS. The number of halogens is 2. The fourth-order valence-corrected chi connectivity index (χ4v) is 2.91. The van der Waals surface area contributed by atoms with Crippen molar-refractivity contribution >= 4 is 22.4 Å². The number of hydrogen-bond donors (Lipinski definition) is 1. The average Bonchev–Trinajstić information content (AvgIpc) is 3.03. The molecule has 0 spiro atoms. The van der Waals surface area contributed by atoms with E-state index in [4.69, 9.17) is 0 Å². The van der Waals surface area contributed by atoms with Crippen molar-refractivity contribution in [1.29, 1.82) is 0 Å². The summed E-state index contributed by atoms with van der Waals surface area (Å²) in [6.07, 6.45) is 4.29. The Balaban J connectivity index is 0.00000225. The molecule has 0 atom stereocenters. The van der Waals surface area contributed by atoms with E-state index in [-0.39, 0.29) is 28.7 Å². The topological polar surface area (TPSA) is 45.9 Å². The lowest BCUT2D eigenvalue weighted by Crippen LogP contribution is -3.00. The summed E-state index contributed by atoms with van der Waals surface area (Å²) in [5.74, 6) is -0.362. The van der Waals surface area contributed by atoms with Crippen LogP contribution in [0, 0.1) is 12.7 Å². The maximum absolute atomic E-state index is 12.9. The van der Waals surface area contributed by atoms with Crippen LogP contribution >= 0.6 is 11.3 Å². The third kappa shape index (κ3) is 5.44. The van der Waals surface area contributed by atoms with Gasteiger partial charge in [0.05, 0.1) is 12.1 Å². The second-order valence-corrected chi connectivity index (χ2v) is 6.31. The largest absolute Gasteiger partial charge is 1.00 e. The maximum atomic E-state index is 12.9. The molecule has 25 heavy (non-hydrogen) atoms. The number of aromatic nitrogens is 2. The second kappa shape index (κ2) is 8.82. The zero-order chi connectivity index (χ0) is 16.9. The molecular weight excluding hydrogens is 405 g/mol. The number of hydrogen-bond acceptors (Lipinski definition) is 3. The molecule has 130 valence electrons. The van der Waals surface area contributed by atoms with Crippen molar-refractivity contribution in [2.24, 2.45) is 0 Å². The Morgan fingerprint density at radius 1 is 1.20 bits per heavy atom. The van der Waals surface area contributed by atoms with Gasteiger partial charge in [-0.3, -0.25) is 4.79 Å². The van der Waals surface area contributed by atoms with Crippen molar-refractivity contribution < 1.29 is 30.7 Å². The molecule has 2 heterocycles. The standard InChI is InChI=1S/C18H16FN3OS.BrH/c1-13-6-9-22(10-7-13)11-8-17(23)21-18-20-16(12-24-18)14-2-4-15(19)5-3-14;/h2-7,9-10,12H,8,11H2,1H3;1H. The molecule has 0 aliphatic rings. The smallest absolute Gasteiger partial charge is 0.232 e. The van der Waals surface area contributed by atoms with Gasteiger partial charge in [-0.15, -0.1) is 11.3 Å². The van der Waals surface area contributed by atoms with E-state index in [2.05, 4.69) is 10.3 Å². The van der Waals surface area contributed by atoms with Gasteiger partial charge >= 0.3 is 0 Å². The molecule has 0 saturated carbocycles. The highest BCUT2D eigenvalue weighted by Gasteiger charge is 2.10. The molecule has 0 aliphatic heterocycles. The van der Waals surface area contributed by atoms with Crippen molar-refractivity contribution in [3.8, 4) is 11.3 Å². The summed E-state index contributed by atoms with van der Waals surface area (Å²) in [7, 11) is 0. The van der Waals surface area contributed by atoms with Crippen molar-refractivity contribution in [1.82, 2.24) is 4.98 Å². The normalized spacial score (nSPS) is 10.2. The number of anilines is 1. The lowest BCUT2D eigenvalue weighted by molar-refractivity contribution is -0.695. The first-order chi connectivity index (χ1) is 11.6. The molecule has 1 aromatic carbocycles. The molecule has 0 radical (unpaired) electrons. The first-order valence-electron chi connectivity index (χ1n) is 7.57. The fraction of sp³-hybridized carbons (Fsp3) is 0.167. The van der Waals surface area contributed by atoms with E-state index in [0.717, 1.165) is 11.3 Å². The van der Waals surface area contributed by atoms with Crippen LogP contribution in [-0.2, 0) is 11.3 Å². The van der Waals surface area contributed by atoms with E-state index < -0.39 is 0 Å². The second-order valence-electron chi connectivity index (χ2n) is 5.46. The number of carbonyl (C=O) groups excluding carboxylic acids is 1. The Morgan fingerprint density at radius 2 is 1.88 bits per heavy atom. The van der Waals surface area contributed by atoms with E-state index >= 15 is 0 Å². The van der Waals surface area contributed by atoms with Crippen molar-refractivity contribution in [2.75, 3.05) is 5.32 Å². The maximum Gasteiger partial charge on any atom is 0.232 e. The summed E-state index contributed by atoms with van der Waals surface area (Å²) in [5.41, 5.74) is 2.73. The van der Waals surface area contributed by atoms with E-state index in [9.17, 15) is 9.18 Å². The molecule has 0 fully saturated rings. The Hall–Kier alpha value is -2.12. The predicted molar refractivity (Wildman–Crippen MR) is 92.1 cm³/mol. The Bertz CT molecular complexity index is 834. The highest BCUT2D eigenvalue weighted by molar-refractivity contribution is 7.14. The number of carbonyl (C=O) groups is 1. The van der Waals surface area contributed by atoms with E-state index in [0.29, 0.717) is 18.1 Å². The number of benzene rings is 1. The van der Waals surface area contributed by atoms with Crippen LogP contribution in [0.4, 0.5) is 9.52 Å². The van der Waals surface area contributed by atoms with E-state index in [1.54, 1.807) is 12.1 Å². The summed E-state index contributed by atoms with van der Waals surface area (Å²) < 4.78 is 14.9. The third-order valence-electron chi connectivity index (χ3n) is 3.55. The van der Waals surface area contributed by atoms with Crippen molar-refractivity contribution in [3.63, 3.8) is 0 Å². The number of amides is 1. The third-order valence-corrected chi connectivity index (χ3v) is 4.30. The minimum Gasteiger partial charge on any atom is -1.00 e. The van der Waals surface area contributed by atoms with Crippen LogP contribution in [0.5, 0.6) is 0 Å². The summed E-state index contributed by atoms with van der Waals surface area (Å²) >= 11 is 1.36. The number of rotatable bonds is 5. The molecule has 1 amide bonds. The molecule has 3 aromatic rings. The number of aryl methyl sites for hydroxylation is 2. The van der Waals surface area contributed by atoms with Gasteiger partial charge in [-0.25, -0.2) is 13.9 Å². The van der Waals surface area contributed by atoms with Crippen molar-refractivity contribution in [2.45, 2.75) is 19.9 Å². The summed E-state index contributed by atoms with van der Waals surface area (Å²) in [4.78, 5) is 16.4. The first-order valence-corrected chi connectivity index (χ1v) is 8.45. The van der Waals surface area contributed by atoms with Crippen LogP contribution in [0.25, 0.3) is 11.3 Å². The summed E-state index contributed by atoms with van der Waals surface area (Å²) in [6, 6.07) is 10.1. The summed E-state index contributed by atoms with van der Waals surface area (Å²) in [5, 5.41) is 5.20. The molecule has 2 aromatic heterocycles. The molecule has 1 N–H and O–H groups in total. The number of nitrogens with one attached hydrogen (secondary N) is 1. The number of nitrogens with zero attached hydrogens (tertiary/aromatic N) is 2. The Labute approximate surface area is 160 Å². The Kier molecular flexibility index (Phi) is 6.78. The van der Waals surface area contributed by atoms with Crippen LogP contribution in [-0.4, -0.2) is 10.9 Å². The predicted octanol–water partition coefficient (Wildman–Crippen LogP) is 0.578. The van der Waals surface area contributed by atoms with Gasteiger partial charge in [0, 0.05) is 23.1 Å². The van der Waals surface area contributed by atoms with Crippen LogP contribution < -0.4 is 26.9 Å². The quantitative estimate of drug-likeness (QED) is 0.612. The monoisotopic (exact) mass is 421 g/mol. The summed E-state index contributed by atoms with van der Waals surface area (Å²) in [6.45, 7) is 2.64. The van der Waals surface area contributed by atoms with Gasteiger partial charge in [0.15, 0.2) is 24.1 Å². The van der Waals surface area contributed by atoms with E-state index in [1.807, 2.05) is 41.4 Å². The van der Waals surface area contributed by atoms with E-state index in [1.165, 1.54) is 29.0 Å². The Morgan fingerprint density at radius 3 is 2.56 bits per heavy atom. The van der Waals surface area contributed by atoms with Gasteiger partial charge in [0.1, 0.15) is 5.82 Å². The minimum absolute atomic E-state index is 0. The van der Waals surface area contributed by atoms with Gasteiger partial charge in [-0.1, -0.05) is 0 Å². The first kappa shape index (κ1) is 19.2. The molecule has 0 unspecified atom stereocenters. The van der Waals surface area contributed by atoms with Gasteiger partial charge in [0.2, 0.25) is 5.91 Å². The highest BCUT2D eigenvalue weighted by Crippen LogP contribution is 2.25. The molecule has 0 bridgehead atoms. The van der Waals surface area contributed by atoms with Gasteiger partial charge < -0.3 is 22.3 Å². The van der Waals surface area contributed by atoms with Crippen molar-refractivity contribution in [3.05, 3.63) is 65.6 Å². The number of pyridine rings is 1. The van der Waals surface area contributed by atoms with Crippen LogP contribution in [0.15, 0.2) is 54.2 Å². The van der Waals surface area contributed by atoms with Crippen LogP contribution in [0.2, 0.25) is 0 Å². The van der Waals surface area contributed by atoms with Crippen LogP contribution in [0.3, 0.4) is 0 Å². The number of thiazole rings is 1. The van der Waals surface area contributed by atoms with Gasteiger partial charge in [-0.05, 0) is 36.8 Å². The zero-order valence-corrected chi connectivity index (χ0v) is 16.0. The van der Waals surface area contributed by atoms with Gasteiger partial charge in [-0.2, -0.15) is 0 Å². The lowest BCUT2D eigenvalue weighted by atomic mass is 10.2. The minimum atomic E-state index is -0.281. The zero-order valence-electron chi connectivity index (χ0n) is 13.6. The highest BCUT2D eigenvalue weighted by atomic mass is 79.9. The molecule has 0 saturated heterocycles. The van der Waals surface area contributed by atoms with Gasteiger partial charge in [0.25, 0.3) is 0 Å². The molecule has 0 aliphatic carbocycles. The average molecular weight is 422 g/mol. The molecule has 3 rings (SSSR count). The fourth-order valence-electron chi connectivity index (χ4n) is 2.18. The molecule has 7 heteroatoms.